The maximum Gasteiger partial charge on any atom is 0.220 e. The summed E-state index contributed by atoms with van der Waals surface area (Å²) in [5.41, 5.74) is 0.725. The SMILES string of the molecule is Cc1c(Cl)ncnc1OCC(C)(C)N(C)C. The van der Waals surface area contributed by atoms with Crippen LogP contribution in [0.4, 0.5) is 0 Å². The zero-order valence-electron chi connectivity index (χ0n) is 10.4. The molecule has 1 rings (SSSR count). The molecule has 0 aliphatic carbocycles. The summed E-state index contributed by atoms with van der Waals surface area (Å²) >= 11 is 5.88. The molecule has 4 nitrogen and oxygen atoms in total. The number of hydrogen-bond acceptors (Lipinski definition) is 4. The second-order valence-electron chi connectivity index (χ2n) is 4.59. The van der Waals surface area contributed by atoms with Gasteiger partial charge in [-0.25, -0.2) is 9.97 Å². The van der Waals surface area contributed by atoms with Gasteiger partial charge in [-0.15, -0.1) is 0 Å². The highest BCUT2D eigenvalue weighted by Crippen LogP contribution is 2.21. The molecule has 90 valence electrons. The lowest BCUT2D eigenvalue weighted by Crippen LogP contribution is -2.43. The van der Waals surface area contributed by atoms with Gasteiger partial charge in [-0.2, -0.15) is 0 Å². The topological polar surface area (TPSA) is 38.3 Å². The third-order valence-electron chi connectivity index (χ3n) is 2.75. The molecule has 0 saturated heterocycles. The standard InChI is InChI=1S/C11H18ClN3O/c1-8-9(12)13-7-14-10(8)16-6-11(2,3)15(4)5/h7H,6H2,1-5H3. The highest BCUT2D eigenvalue weighted by Gasteiger charge is 2.22. The van der Waals surface area contributed by atoms with E-state index in [0.717, 1.165) is 5.56 Å². The summed E-state index contributed by atoms with van der Waals surface area (Å²) in [6.45, 7) is 6.60. The molecule has 1 aromatic heterocycles. The van der Waals surface area contributed by atoms with E-state index in [2.05, 4.69) is 28.7 Å². The van der Waals surface area contributed by atoms with E-state index in [-0.39, 0.29) is 5.54 Å². The summed E-state index contributed by atoms with van der Waals surface area (Å²) in [5.74, 6) is 0.551. The summed E-state index contributed by atoms with van der Waals surface area (Å²) in [5, 5.41) is 0.438. The second kappa shape index (κ2) is 4.97. The quantitative estimate of drug-likeness (QED) is 0.760. The van der Waals surface area contributed by atoms with Gasteiger partial charge in [0.25, 0.3) is 0 Å². The minimum atomic E-state index is -0.0517. The van der Waals surface area contributed by atoms with E-state index in [0.29, 0.717) is 17.6 Å². The first kappa shape index (κ1) is 13.2. The van der Waals surface area contributed by atoms with Crippen molar-refractivity contribution < 1.29 is 4.74 Å². The van der Waals surface area contributed by atoms with Crippen LogP contribution in [0.2, 0.25) is 5.15 Å². The molecular formula is C11H18ClN3O. The summed E-state index contributed by atoms with van der Waals surface area (Å²) in [6.07, 6.45) is 1.41. The van der Waals surface area contributed by atoms with Gasteiger partial charge in [-0.1, -0.05) is 11.6 Å². The van der Waals surface area contributed by atoms with Crippen molar-refractivity contribution in [3.63, 3.8) is 0 Å². The van der Waals surface area contributed by atoms with E-state index in [1.54, 1.807) is 0 Å². The molecule has 0 aliphatic heterocycles. The first-order chi connectivity index (χ1) is 7.34. The molecule has 1 heterocycles. The Morgan fingerprint density at radius 2 is 2.00 bits per heavy atom. The molecule has 16 heavy (non-hydrogen) atoms. The molecule has 0 fully saturated rings. The molecule has 0 aromatic carbocycles. The van der Waals surface area contributed by atoms with Gasteiger partial charge in [0.2, 0.25) is 5.88 Å². The molecule has 0 unspecified atom stereocenters. The molecule has 0 spiro atoms. The molecule has 0 bridgehead atoms. The Morgan fingerprint density at radius 1 is 1.38 bits per heavy atom. The Hall–Kier alpha value is -0.870. The number of rotatable bonds is 4. The van der Waals surface area contributed by atoms with Crippen molar-refractivity contribution in [2.24, 2.45) is 0 Å². The summed E-state index contributed by atoms with van der Waals surface area (Å²) in [6, 6.07) is 0. The maximum atomic E-state index is 5.88. The van der Waals surface area contributed by atoms with Gasteiger partial charge >= 0.3 is 0 Å². The third kappa shape index (κ3) is 3.06. The minimum Gasteiger partial charge on any atom is -0.475 e. The lowest BCUT2D eigenvalue weighted by molar-refractivity contribution is 0.110. The van der Waals surface area contributed by atoms with Gasteiger partial charge in [0.05, 0.1) is 0 Å². The molecule has 0 N–H and O–H groups in total. The third-order valence-corrected chi connectivity index (χ3v) is 3.13. The smallest absolute Gasteiger partial charge is 0.220 e. The minimum absolute atomic E-state index is 0.0517. The van der Waals surface area contributed by atoms with E-state index >= 15 is 0 Å². The largest absolute Gasteiger partial charge is 0.475 e. The normalized spacial score (nSPS) is 11.9. The fourth-order valence-corrected chi connectivity index (χ4v) is 1.06. The van der Waals surface area contributed by atoms with Crippen LogP contribution in [0.5, 0.6) is 5.88 Å². The highest BCUT2D eigenvalue weighted by atomic mass is 35.5. The Morgan fingerprint density at radius 3 is 2.56 bits per heavy atom. The molecule has 0 atom stereocenters. The number of nitrogens with zero attached hydrogens (tertiary/aromatic N) is 3. The van der Waals surface area contributed by atoms with Gasteiger partial charge in [0, 0.05) is 11.1 Å². The lowest BCUT2D eigenvalue weighted by Gasteiger charge is -2.32. The average molecular weight is 244 g/mol. The average Bonchev–Trinajstić information content (AvgIpc) is 2.20. The van der Waals surface area contributed by atoms with Crippen LogP contribution in [0, 0.1) is 6.92 Å². The van der Waals surface area contributed by atoms with E-state index in [9.17, 15) is 0 Å². The molecular weight excluding hydrogens is 226 g/mol. The van der Waals surface area contributed by atoms with Gasteiger partial charge in [0.1, 0.15) is 18.1 Å². The fraction of sp³-hybridized carbons (Fsp3) is 0.636. The van der Waals surface area contributed by atoms with Crippen LogP contribution in [0.15, 0.2) is 6.33 Å². The molecule has 0 radical (unpaired) electrons. The molecule has 0 saturated carbocycles. The fourth-order valence-electron chi connectivity index (χ4n) is 0.933. The molecule has 5 heteroatoms. The summed E-state index contributed by atoms with van der Waals surface area (Å²) in [4.78, 5) is 10.1. The molecule has 0 aliphatic rings. The van der Waals surface area contributed by atoms with E-state index in [4.69, 9.17) is 16.3 Å². The van der Waals surface area contributed by atoms with Crippen LogP contribution in [0.25, 0.3) is 0 Å². The summed E-state index contributed by atoms with van der Waals surface area (Å²) < 4.78 is 5.67. The molecule has 0 amide bonds. The van der Waals surface area contributed by atoms with Crippen LogP contribution in [-0.2, 0) is 0 Å². The first-order valence-corrected chi connectivity index (χ1v) is 5.49. The van der Waals surface area contributed by atoms with Crippen molar-refractivity contribution >= 4 is 11.6 Å². The van der Waals surface area contributed by atoms with Gasteiger partial charge in [-0.3, -0.25) is 0 Å². The van der Waals surface area contributed by atoms with E-state index in [1.165, 1.54) is 6.33 Å². The number of aromatic nitrogens is 2. The monoisotopic (exact) mass is 243 g/mol. The first-order valence-electron chi connectivity index (χ1n) is 5.12. The Kier molecular flexibility index (Phi) is 4.10. The Bertz CT molecular complexity index is 366. The van der Waals surface area contributed by atoms with E-state index in [1.807, 2.05) is 21.0 Å². The van der Waals surface area contributed by atoms with E-state index < -0.39 is 0 Å². The van der Waals surface area contributed by atoms with Gasteiger partial charge in [0.15, 0.2) is 0 Å². The van der Waals surface area contributed by atoms with Gasteiger partial charge < -0.3 is 9.64 Å². The van der Waals surface area contributed by atoms with Crippen LogP contribution in [-0.4, -0.2) is 41.1 Å². The second-order valence-corrected chi connectivity index (χ2v) is 4.95. The number of likely N-dealkylation sites (N-methyl/N-ethyl adjacent to an activating group) is 1. The van der Waals surface area contributed by atoms with Crippen molar-refractivity contribution in [2.75, 3.05) is 20.7 Å². The predicted octanol–water partition coefficient (Wildman–Crippen LogP) is 2.16. The number of ether oxygens (including phenoxy) is 1. The van der Waals surface area contributed by atoms with Gasteiger partial charge in [-0.05, 0) is 34.9 Å². The Balaban J connectivity index is 2.72. The van der Waals surface area contributed by atoms with Crippen molar-refractivity contribution in [2.45, 2.75) is 26.3 Å². The van der Waals surface area contributed by atoms with Crippen molar-refractivity contribution in [3.05, 3.63) is 17.0 Å². The maximum absolute atomic E-state index is 5.88. The lowest BCUT2D eigenvalue weighted by atomic mass is 10.1. The zero-order valence-corrected chi connectivity index (χ0v) is 11.2. The van der Waals surface area contributed by atoms with Crippen molar-refractivity contribution in [1.29, 1.82) is 0 Å². The molecule has 1 aromatic rings. The Labute approximate surface area is 102 Å². The number of halogens is 1. The zero-order chi connectivity index (χ0) is 12.3. The number of hydrogen-bond donors (Lipinski definition) is 0. The summed E-state index contributed by atoms with van der Waals surface area (Å²) in [7, 11) is 4.03. The van der Waals surface area contributed by atoms with Crippen LogP contribution in [0.3, 0.4) is 0 Å². The predicted molar refractivity (Wildman–Crippen MR) is 65.0 cm³/mol. The highest BCUT2D eigenvalue weighted by molar-refractivity contribution is 6.30. The van der Waals surface area contributed by atoms with Crippen molar-refractivity contribution in [3.8, 4) is 5.88 Å². The van der Waals surface area contributed by atoms with Crippen LogP contribution < -0.4 is 4.74 Å². The van der Waals surface area contributed by atoms with Crippen molar-refractivity contribution in [1.82, 2.24) is 14.9 Å². The van der Waals surface area contributed by atoms with Crippen LogP contribution in [0.1, 0.15) is 19.4 Å². The van der Waals surface area contributed by atoms with Crippen LogP contribution >= 0.6 is 11.6 Å².